The summed E-state index contributed by atoms with van der Waals surface area (Å²) in [6.07, 6.45) is 0. The first kappa shape index (κ1) is 23.4. The van der Waals surface area contributed by atoms with Crippen LogP contribution in [0, 0.1) is 17.0 Å². The van der Waals surface area contributed by atoms with Crippen molar-refractivity contribution < 1.29 is 24.0 Å². The smallest absolute Gasteiger partial charge is 0.341 e. The van der Waals surface area contributed by atoms with Gasteiger partial charge in [0.1, 0.15) is 16.3 Å². The molecule has 0 unspecified atom stereocenters. The fourth-order valence-electron chi connectivity index (χ4n) is 2.97. The number of esters is 1. The molecule has 1 aromatic heterocycles. The molecule has 3 rings (SSSR count). The number of benzene rings is 2. The standard InChI is InChI=1S/C22H19BrN2O6S/c1-3-30-22(27)20-19(14-4-8-16(9-5-14)25(28)29)13(2)32-21(20)24-18(26)12-31-17-10-6-15(23)7-11-17/h4-11H,3,12H2,1-2H3,(H,24,26). The second-order valence-corrected chi connectivity index (χ2v) is 8.69. The van der Waals surface area contributed by atoms with Crippen LogP contribution < -0.4 is 10.1 Å². The van der Waals surface area contributed by atoms with Crippen LogP contribution in [0.3, 0.4) is 0 Å². The summed E-state index contributed by atoms with van der Waals surface area (Å²) in [5.74, 6) is -0.493. The maximum Gasteiger partial charge on any atom is 0.341 e. The molecule has 0 aliphatic rings. The minimum absolute atomic E-state index is 0.0575. The topological polar surface area (TPSA) is 108 Å². The number of rotatable bonds is 8. The van der Waals surface area contributed by atoms with Crippen molar-refractivity contribution in [3.63, 3.8) is 0 Å². The van der Waals surface area contributed by atoms with Crippen LogP contribution in [0.2, 0.25) is 0 Å². The van der Waals surface area contributed by atoms with Gasteiger partial charge >= 0.3 is 5.97 Å². The van der Waals surface area contributed by atoms with Gasteiger partial charge in [-0.05, 0) is 55.8 Å². The number of nitro groups is 1. The van der Waals surface area contributed by atoms with E-state index in [-0.39, 0.29) is 24.5 Å². The fourth-order valence-corrected chi connectivity index (χ4v) is 4.32. The summed E-state index contributed by atoms with van der Waals surface area (Å²) >= 11 is 4.56. The quantitative estimate of drug-likeness (QED) is 0.236. The number of anilines is 1. The molecule has 0 atom stereocenters. The molecule has 0 saturated carbocycles. The van der Waals surface area contributed by atoms with Gasteiger partial charge in [0.2, 0.25) is 0 Å². The Balaban J connectivity index is 1.87. The fraction of sp³-hybridized carbons (Fsp3) is 0.182. The molecule has 0 radical (unpaired) electrons. The van der Waals surface area contributed by atoms with Gasteiger partial charge < -0.3 is 14.8 Å². The second kappa shape index (κ2) is 10.4. The summed E-state index contributed by atoms with van der Waals surface area (Å²) in [5.41, 5.74) is 1.32. The zero-order valence-corrected chi connectivity index (χ0v) is 19.6. The molecule has 0 bridgehead atoms. The largest absolute Gasteiger partial charge is 0.484 e. The van der Waals surface area contributed by atoms with E-state index in [0.29, 0.717) is 21.9 Å². The van der Waals surface area contributed by atoms with Gasteiger partial charge in [0, 0.05) is 27.0 Å². The van der Waals surface area contributed by atoms with Crippen LogP contribution in [0.5, 0.6) is 5.75 Å². The first-order valence-electron chi connectivity index (χ1n) is 9.53. The highest BCUT2D eigenvalue weighted by Gasteiger charge is 2.26. The molecule has 166 valence electrons. The first-order valence-corrected chi connectivity index (χ1v) is 11.1. The van der Waals surface area contributed by atoms with Crippen LogP contribution in [0.15, 0.2) is 53.0 Å². The van der Waals surface area contributed by atoms with Crippen LogP contribution in [-0.4, -0.2) is 30.0 Å². The lowest BCUT2D eigenvalue weighted by Crippen LogP contribution is -2.21. The summed E-state index contributed by atoms with van der Waals surface area (Å²) in [6.45, 7) is 3.41. The SMILES string of the molecule is CCOC(=O)c1c(NC(=O)COc2ccc(Br)cc2)sc(C)c1-c1ccc([N+](=O)[O-])cc1. The molecule has 0 aliphatic carbocycles. The van der Waals surface area contributed by atoms with Crippen molar-refractivity contribution in [2.75, 3.05) is 18.5 Å². The van der Waals surface area contributed by atoms with Crippen molar-refractivity contribution in [2.24, 2.45) is 0 Å². The first-order chi connectivity index (χ1) is 15.3. The number of thiophene rings is 1. The van der Waals surface area contributed by atoms with Crippen molar-refractivity contribution in [1.82, 2.24) is 0 Å². The van der Waals surface area contributed by atoms with E-state index in [9.17, 15) is 19.7 Å². The molecule has 10 heteroatoms. The number of nitrogens with zero attached hydrogens (tertiary/aromatic N) is 1. The molecule has 1 N–H and O–H groups in total. The zero-order chi connectivity index (χ0) is 23.3. The van der Waals surface area contributed by atoms with Gasteiger partial charge in [-0.15, -0.1) is 11.3 Å². The van der Waals surface area contributed by atoms with E-state index in [4.69, 9.17) is 9.47 Å². The van der Waals surface area contributed by atoms with Crippen LogP contribution in [0.25, 0.3) is 11.1 Å². The van der Waals surface area contributed by atoms with E-state index in [1.807, 2.05) is 0 Å². The van der Waals surface area contributed by atoms with Crippen LogP contribution in [0.4, 0.5) is 10.7 Å². The molecular weight excluding hydrogens is 500 g/mol. The van der Waals surface area contributed by atoms with E-state index in [2.05, 4.69) is 21.2 Å². The molecule has 0 spiro atoms. The van der Waals surface area contributed by atoms with Gasteiger partial charge in [-0.3, -0.25) is 14.9 Å². The minimum Gasteiger partial charge on any atom is -0.484 e. The highest BCUT2D eigenvalue weighted by atomic mass is 79.9. The molecular formula is C22H19BrN2O6S. The van der Waals surface area contributed by atoms with Gasteiger partial charge in [-0.1, -0.05) is 15.9 Å². The number of halogens is 1. The number of nitrogens with one attached hydrogen (secondary N) is 1. The van der Waals surface area contributed by atoms with Crippen LogP contribution in [-0.2, 0) is 9.53 Å². The third kappa shape index (κ3) is 5.51. The average Bonchev–Trinajstić information content (AvgIpc) is 3.09. The lowest BCUT2D eigenvalue weighted by Gasteiger charge is -2.10. The number of hydrogen-bond donors (Lipinski definition) is 1. The van der Waals surface area contributed by atoms with E-state index in [0.717, 1.165) is 9.35 Å². The third-order valence-electron chi connectivity index (χ3n) is 4.37. The summed E-state index contributed by atoms with van der Waals surface area (Å²) < 4.78 is 11.6. The molecule has 0 aliphatic heterocycles. The van der Waals surface area contributed by atoms with E-state index >= 15 is 0 Å². The normalized spacial score (nSPS) is 10.5. The molecule has 3 aromatic rings. The number of non-ortho nitro benzene ring substituents is 1. The maximum absolute atomic E-state index is 12.7. The summed E-state index contributed by atoms with van der Waals surface area (Å²) in [6, 6.07) is 12.9. The molecule has 8 nitrogen and oxygen atoms in total. The highest BCUT2D eigenvalue weighted by Crippen LogP contribution is 2.40. The van der Waals surface area contributed by atoms with Gasteiger partial charge in [0.05, 0.1) is 11.5 Å². The van der Waals surface area contributed by atoms with Gasteiger partial charge in [-0.25, -0.2) is 4.79 Å². The number of hydrogen-bond acceptors (Lipinski definition) is 7. The Morgan fingerprint density at radius 1 is 1.12 bits per heavy atom. The van der Waals surface area contributed by atoms with Gasteiger partial charge in [0.15, 0.2) is 6.61 Å². The Hall–Kier alpha value is -3.24. The van der Waals surface area contributed by atoms with Gasteiger partial charge in [-0.2, -0.15) is 0 Å². The Kier molecular flexibility index (Phi) is 7.60. The predicted molar refractivity (Wildman–Crippen MR) is 125 cm³/mol. The predicted octanol–water partition coefficient (Wildman–Crippen LogP) is 5.59. The lowest BCUT2D eigenvalue weighted by molar-refractivity contribution is -0.384. The van der Waals surface area contributed by atoms with Crippen molar-refractivity contribution in [3.05, 3.63) is 73.6 Å². The Morgan fingerprint density at radius 2 is 1.78 bits per heavy atom. The summed E-state index contributed by atoms with van der Waals surface area (Å²) in [4.78, 5) is 36.4. The number of amides is 1. The zero-order valence-electron chi connectivity index (χ0n) is 17.2. The van der Waals surface area contributed by atoms with Crippen molar-refractivity contribution in [2.45, 2.75) is 13.8 Å². The number of nitro benzene ring substituents is 1. The van der Waals surface area contributed by atoms with E-state index in [1.165, 1.54) is 23.5 Å². The molecule has 1 amide bonds. The van der Waals surface area contributed by atoms with Crippen LogP contribution in [0.1, 0.15) is 22.2 Å². The maximum atomic E-state index is 12.7. The van der Waals surface area contributed by atoms with Crippen molar-refractivity contribution in [3.8, 4) is 16.9 Å². The average molecular weight is 519 g/mol. The van der Waals surface area contributed by atoms with Gasteiger partial charge in [0.25, 0.3) is 11.6 Å². The van der Waals surface area contributed by atoms with E-state index < -0.39 is 16.8 Å². The number of carbonyl (C=O) groups is 2. The van der Waals surface area contributed by atoms with Crippen LogP contribution >= 0.6 is 27.3 Å². The number of ether oxygens (including phenoxy) is 2. The Bertz CT molecular complexity index is 1140. The Labute approximate surface area is 196 Å². The highest BCUT2D eigenvalue weighted by molar-refractivity contribution is 9.10. The summed E-state index contributed by atoms with van der Waals surface area (Å²) in [5, 5.41) is 14.0. The number of carbonyl (C=O) groups excluding carboxylic acids is 2. The monoisotopic (exact) mass is 518 g/mol. The molecule has 0 saturated heterocycles. The summed E-state index contributed by atoms with van der Waals surface area (Å²) in [7, 11) is 0. The number of aryl methyl sites for hydroxylation is 1. The van der Waals surface area contributed by atoms with E-state index in [1.54, 1.807) is 50.2 Å². The molecule has 32 heavy (non-hydrogen) atoms. The lowest BCUT2D eigenvalue weighted by atomic mass is 10.0. The molecule has 1 heterocycles. The molecule has 2 aromatic carbocycles. The van der Waals surface area contributed by atoms with Crippen molar-refractivity contribution >= 4 is 49.8 Å². The molecule has 0 fully saturated rings. The second-order valence-electron chi connectivity index (χ2n) is 6.55. The Morgan fingerprint density at radius 3 is 2.38 bits per heavy atom. The third-order valence-corrected chi connectivity index (χ3v) is 5.92. The minimum atomic E-state index is -0.589. The van der Waals surface area contributed by atoms with Crippen molar-refractivity contribution in [1.29, 1.82) is 0 Å².